The molecule has 0 saturated carbocycles. The second-order valence-electron chi connectivity index (χ2n) is 1.63. The summed E-state index contributed by atoms with van der Waals surface area (Å²) in [5.74, 6) is 1.07. The Morgan fingerprint density at radius 3 is 2.55 bits per heavy atom. The minimum absolute atomic E-state index is 0.0887. The van der Waals surface area contributed by atoms with Crippen molar-refractivity contribution < 1.29 is 14.7 Å². The highest BCUT2D eigenvalue weighted by Gasteiger charge is 1.99. The van der Waals surface area contributed by atoms with Crippen molar-refractivity contribution in [2.45, 2.75) is 0 Å². The molecular formula is C6H8N2O3. The number of nitrogens with one attached hydrogen (secondary N) is 2. The highest BCUT2D eigenvalue weighted by atomic mass is 16.4. The van der Waals surface area contributed by atoms with Gasteiger partial charge in [-0.05, 0) is 0 Å². The van der Waals surface area contributed by atoms with E-state index >= 15 is 0 Å². The molecule has 0 heterocycles. The maximum atomic E-state index is 10.5. The van der Waals surface area contributed by atoms with Crippen LogP contribution in [0, 0.1) is 12.3 Å². The lowest BCUT2D eigenvalue weighted by atomic mass is 10.6. The van der Waals surface area contributed by atoms with E-state index in [1.807, 2.05) is 0 Å². The van der Waals surface area contributed by atoms with E-state index in [0.717, 1.165) is 0 Å². The molecule has 0 bridgehead atoms. The molecule has 0 fully saturated rings. The van der Waals surface area contributed by atoms with E-state index in [4.69, 9.17) is 11.5 Å². The van der Waals surface area contributed by atoms with Crippen molar-refractivity contribution in [3.8, 4) is 12.3 Å². The summed E-state index contributed by atoms with van der Waals surface area (Å²) < 4.78 is 0. The van der Waals surface area contributed by atoms with Crippen LogP contribution in [0.15, 0.2) is 0 Å². The molecule has 0 rings (SSSR count). The number of urea groups is 1. The highest BCUT2D eigenvalue weighted by molar-refractivity contribution is 5.79. The van der Waals surface area contributed by atoms with Crippen LogP contribution in [0.5, 0.6) is 0 Å². The van der Waals surface area contributed by atoms with Gasteiger partial charge in [0.15, 0.2) is 0 Å². The van der Waals surface area contributed by atoms with Crippen LogP contribution in [0.2, 0.25) is 0 Å². The molecule has 0 spiro atoms. The summed E-state index contributed by atoms with van der Waals surface area (Å²) in [6.07, 6.45) is 4.82. The standard InChI is InChI=1S/C6H8N2O3/c1-2-3-7-6(11)8-4-5(9)10/h1H,3-4H2,(H,9,10)(H2,7,8,11). The van der Waals surface area contributed by atoms with Crippen LogP contribution < -0.4 is 10.6 Å². The second-order valence-corrected chi connectivity index (χ2v) is 1.63. The van der Waals surface area contributed by atoms with E-state index in [1.54, 1.807) is 0 Å². The first-order valence-electron chi connectivity index (χ1n) is 2.83. The number of carbonyl (C=O) groups excluding carboxylic acids is 1. The predicted molar refractivity (Wildman–Crippen MR) is 37.9 cm³/mol. The monoisotopic (exact) mass is 156 g/mol. The topological polar surface area (TPSA) is 78.4 Å². The number of carbonyl (C=O) groups is 2. The molecule has 0 aliphatic carbocycles. The molecule has 0 unspecified atom stereocenters. The van der Waals surface area contributed by atoms with Crippen molar-refractivity contribution >= 4 is 12.0 Å². The van der Waals surface area contributed by atoms with E-state index in [-0.39, 0.29) is 6.54 Å². The lowest BCUT2D eigenvalue weighted by molar-refractivity contribution is -0.135. The zero-order valence-corrected chi connectivity index (χ0v) is 5.76. The number of hydrogen-bond donors (Lipinski definition) is 3. The molecular weight excluding hydrogens is 148 g/mol. The third-order valence-corrected chi connectivity index (χ3v) is 0.751. The first-order chi connectivity index (χ1) is 5.16. The van der Waals surface area contributed by atoms with Gasteiger partial charge in [-0.1, -0.05) is 5.92 Å². The minimum atomic E-state index is -1.10. The summed E-state index contributed by atoms with van der Waals surface area (Å²) in [5.41, 5.74) is 0. The van der Waals surface area contributed by atoms with Crippen molar-refractivity contribution in [3.05, 3.63) is 0 Å². The van der Waals surface area contributed by atoms with Crippen LogP contribution in [0.3, 0.4) is 0 Å². The van der Waals surface area contributed by atoms with E-state index < -0.39 is 18.5 Å². The Morgan fingerprint density at radius 1 is 1.45 bits per heavy atom. The second kappa shape index (κ2) is 5.11. The Balaban J connectivity index is 3.39. The maximum Gasteiger partial charge on any atom is 0.323 e. The van der Waals surface area contributed by atoms with Gasteiger partial charge in [-0.3, -0.25) is 4.79 Å². The lowest BCUT2D eigenvalue weighted by Gasteiger charge is -2.00. The SMILES string of the molecule is C#CCNC(=O)NCC(=O)O. The Hall–Kier alpha value is -1.70. The number of aliphatic carboxylic acids is 1. The number of carboxylic acids is 1. The molecule has 3 N–H and O–H groups in total. The van der Waals surface area contributed by atoms with Gasteiger partial charge in [0.2, 0.25) is 0 Å². The average molecular weight is 156 g/mol. The van der Waals surface area contributed by atoms with Gasteiger partial charge >= 0.3 is 12.0 Å². The van der Waals surface area contributed by atoms with Gasteiger partial charge in [-0.15, -0.1) is 6.42 Å². The molecule has 5 nitrogen and oxygen atoms in total. The molecule has 0 atom stereocenters. The summed E-state index contributed by atoms with van der Waals surface area (Å²) in [4.78, 5) is 20.4. The molecule has 0 aliphatic rings. The molecule has 0 aromatic rings. The lowest BCUT2D eigenvalue weighted by Crippen LogP contribution is -2.38. The first-order valence-corrected chi connectivity index (χ1v) is 2.83. The van der Waals surface area contributed by atoms with E-state index in [2.05, 4.69) is 16.6 Å². The fraction of sp³-hybridized carbons (Fsp3) is 0.333. The summed E-state index contributed by atoms with van der Waals surface area (Å²) in [5, 5.41) is 12.4. The van der Waals surface area contributed by atoms with Gasteiger partial charge < -0.3 is 15.7 Å². The highest BCUT2D eigenvalue weighted by Crippen LogP contribution is 1.64. The van der Waals surface area contributed by atoms with Gasteiger partial charge in [-0.2, -0.15) is 0 Å². The van der Waals surface area contributed by atoms with Crippen LogP contribution in [0.25, 0.3) is 0 Å². The predicted octanol–water partition coefficient (Wildman–Crippen LogP) is -0.997. The van der Waals surface area contributed by atoms with E-state index in [0.29, 0.717) is 0 Å². The fourth-order valence-electron chi connectivity index (χ4n) is 0.350. The van der Waals surface area contributed by atoms with Crippen LogP contribution in [-0.2, 0) is 4.79 Å². The molecule has 60 valence electrons. The average Bonchev–Trinajstić information content (AvgIpc) is 1.97. The molecule has 0 aromatic heterocycles. The quantitative estimate of drug-likeness (QED) is 0.459. The van der Waals surface area contributed by atoms with E-state index in [9.17, 15) is 9.59 Å². The van der Waals surface area contributed by atoms with Gasteiger partial charge in [0.1, 0.15) is 6.54 Å². The van der Waals surface area contributed by atoms with Gasteiger partial charge in [-0.25, -0.2) is 4.79 Å². The zero-order valence-electron chi connectivity index (χ0n) is 5.76. The number of carboxylic acid groups (broad SMARTS) is 1. The van der Waals surface area contributed by atoms with Crippen molar-refractivity contribution in [2.24, 2.45) is 0 Å². The Kier molecular flexibility index (Phi) is 4.32. The Bertz CT molecular complexity index is 194. The van der Waals surface area contributed by atoms with Crippen molar-refractivity contribution in [2.75, 3.05) is 13.1 Å². The summed E-state index contributed by atoms with van der Waals surface area (Å²) >= 11 is 0. The molecule has 11 heavy (non-hydrogen) atoms. The summed E-state index contributed by atoms with van der Waals surface area (Å²) in [7, 11) is 0. The smallest absolute Gasteiger partial charge is 0.323 e. The summed E-state index contributed by atoms with van der Waals surface area (Å²) in [6.45, 7) is -0.318. The Morgan fingerprint density at radius 2 is 2.09 bits per heavy atom. The van der Waals surface area contributed by atoms with Gasteiger partial charge in [0.05, 0.1) is 6.54 Å². The van der Waals surface area contributed by atoms with Crippen LogP contribution in [-0.4, -0.2) is 30.2 Å². The molecule has 0 aliphatic heterocycles. The van der Waals surface area contributed by atoms with Crippen LogP contribution in [0.1, 0.15) is 0 Å². The van der Waals surface area contributed by atoms with Crippen molar-refractivity contribution in [3.63, 3.8) is 0 Å². The molecule has 0 radical (unpaired) electrons. The van der Waals surface area contributed by atoms with Gasteiger partial charge in [0.25, 0.3) is 0 Å². The summed E-state index contributed by atoms with van der Waals surface area (Å²) in [6, 6.07) is -0.578. The van der Waals surface area contributed by atoms with Crippen LogP contribution >= 0.6 is 0 Å². The Labute approximate surface area is 63.8 Å². The molecule has 0 aromatic carbocycles. The third-order valence-electron chi connectivity index (χ3n) is 0.751. The largest absolute Gasteiger partial charge is 0.480 e. The maximum absolute atomic E-state index is 10.5. The van der Waals surface area contributed by atoms with Gasteiger partial charge in [0, 0.05) is 0 Å². The first kappa shape index (κ1) is 9.30. The molecule has 2 amide bonds. The number of terminal acetylenes is 1. The van der Waals surface area contributed by atoms with Crippen LogP contribution in [0.4, 0.5) is 4.79 Å². The van der Waals surface area contributed by atoms with E-state index in [1.165, 1.54) is 0 Å². The fourth-order valence-corrected chi connectivity index (χ4v) is 0.350. The molecule has 5 heteroatoms. The number of hydrogen-bond acceptors (Lipinski definition) is 2. The minimum Gasteiger partial charge on any atom is -0.480 e. The van der Waals surface area contributed by atoms with Crippen molar-refractivity contribution in [1.82, 2.24) is 10.6 Å². The molecule has 0 saturated heterocycles. The zero-order chi connectivity index (χ0) is 8.69. The third kappa shape index (κ3) is 6.18. The normalized spacial score (nSPS) is 7.91. The number of rotatable bonds is 3. The number of amides is 2. The van der Waals surface area contributed by atoms with Crippen molar-refractivity contribution in [1.29, 1.82) is 0 Å².